The third-order valence-corrected chi connectivity index (χ3v) is 3.27. The molecular weight excluding hydrogens is 164 g/mol. The molecule has 1 unspecified atom stereocenters. The standard InChI is InChI=1S/C10H18N2O/c1-12-7-9(13)11-10(12)8-5-3-2-4-6-8/h8,10H,2-7H2,1H3,(H,11,13). The zero-order valence-electron chi connectivity index (χ0n) is 8.25. The zero-order chi connectivity index (χ0) is 9.26. The van der Waals surface area contributed by atoms with Crippen molar-refractivity contribution in [3.05, 3.63) is 0 Å². The van der Waals surface area contributed by atoms with Crippen LogP contribution in [0.1, 0.15) is 32.1 Å². The van der Waals surface area contributed by atoms with Crippen LogP contribution < -0.4 is 5.32 Å². The molecule has 1 saturated heterocycles. The highest BCUT2D eigenvalue weighted by Crippen LogP contribution is 2.28. The molecule has 1 aliphatic heterocycles. The largest absolute Gasteiger partial charge is 0.339 e. The van der Waals surface area contributed by atoms with E-state index in [1.54, 1.807) is 0 Å². The van der Waals surface area contributed by atoms with Crippen molar-refractivity contribution in [3.8, 4) is 0 Å². The van der Waals surface area contributed by atoms with Gasteiger partial charge in [-0.3, -0.25) is 9.69 Å². The van der Waals surface area contributed by atoms with Gasteiger partial charge in [0, 0.05) is 0 Å². The normalized spacial score (nSPS) is 32.1. The smallest absolute Gasteiger partial charge is 0.235 e. The van der Waals surface area contributed by atoms with Gasteiger partial charge < -0.3 is 5.32 Å². The van der Waals surface area contributed by atoms with Crippen molar-refractivity contribution >= 4 is 5.91 Å². The van der Waals surface area contributed by atoms with E-state index in [0.717, 1.165) is 0 Å². The average Bonchev–Trinajstić information content (AvgIpc) is 2.47. The molecule has 1 atom stereocenters. The van der Waals surface area contributed by atoms with Gasteiger partial charge >= 0.3 is 0 Å². The van der Waals surface area contributed by atoms with Crippen LogP contribution in [0, 0.1) is 5.92 Å². The third kappa shape index (κ3) is 1.85. The van der Waals surface area contributed by atoms with Crippen LogP contribution in [0.25, 0.3) is 0 Å². The third-order valence-electron chi connectivity index (χ3n) is 3.27. The molecule has 1 heterocycles. The molecule has 0 aromatic carbocycles. The SMILES string of the molecule is CN1CC(=O)NC1C1CCCCC1. The fourth-order valence-electron chi connectivity index (χ4n) is 2.57. The number of hydrogen-bond donors (Lipinski definition) is 1. The number of nitrogens with zero attached hydrogens (tertiary/aromatic N) is 1. The summed E-state index contributed by atoms with van der Waals surface area (Å²) >= 11 is 0. The number of rotatable bonds is 1. The van der Waals surface area contributed by atoms with E-state index in [-0.39, 0.29) is 5.91 Å². The minimum Gasteiger partial charge on any atom is -0.339 e. The van der Waals surface area contributed by atoms with E-state index in [4.69, 9.17) is 0 Å². The molecular formula is C10H18N2O. The summed E-state index contributed by atoms with van der Waals surface area (Å²) in [6.45, 7) is 0.584. The summed E-state index contributed by atoms with van der Waals surface area (Å²) in [5, 5.41) is 3.06. The molecule has 0 aromatic heterocycles. The Hall–Kier alpha value is -0.570. The maximum absolute atomic E-state index is 11.2. The second-order valence-electron chi connectivity index (χ2n) is 4.33. The van der Waals surface area contributed by atoms with Gasteiger partial charge in [-0.15, -0.1) is 0 Å². The summed E-state index contributed by atoms with van der Waals surface area (Å²) in [7, 11) is 2.04. The lowest BCUT2D eigenvalue weighted by Crippen LogP contribution is -2.41. The van der Waals surface area contributed by atoms with Crippen LogP contribution in [0.3, 0.4) is 0 Å². The van der Waals surface area contributed by atoms with Crippen molar-refractivity contribution in [1.82, 2.24) is 10.2 Å². The molecule has 2 rings (SSSR count). The van der Waals surface area contributed by atoms with E-state index in [2.05, 4.69) is 10.2 Å². The van der Waals surface area contributed by atoms with Crippen molar-refractivity contribution in [3.63, 3.8) is 0 Å². The highest BCUT2D eigenvalue weighted by Gasteiger charge is 2.33. The van der Waals surface area contributed by atoms with Crippen LogP contribution in [-0.4, -0.2) is 30.6 Å². The highest BCUT2D eigenvalue weighted by molar-refractivity contribution is 5.80. The Balaban J connectivity index is 1.95. The zero-order valence-corrected chi connectivity index (χ0v) is 8.25. The van der Waals surface area contributed by atoms with Gasteiger partial charge in [0.1, 0.15) is 0 Å². The number of carbonyl (C=O) groups excluding carboxylic acids is 1. The first-order valence-corrected chi connectivity index (χ1v) is 5.27. The fourth-order valence-corrected chi connectivity index (χ4v) is 2.57. The van der Waals surface area contributed by atoms with Gasteiger partial charge in [-0.1, -0.05) is 19.3 Å². The lowest BCUT2D eigenvalue weighted by atomic mass is 9.87. The molecule has 0 bridgehead atoms. The van der Waals surface area contributed by atoms with Gasteiger partial charge in [0.2, 0.25) is 5.91 Å². The molecule has 1 amide bonds. The lowest BCUT2D eigenvalue weighted by Gasteiger charge is -2.30. The predicted octanol–water partition coefficient (Wildman–Crippen LogP) is 0.954. The van der Waals surface area contributed by atoms with Gasteiger partial charge in [0.15, 0.2) is 0 Å². The van der Waals surface area contributed by atoms with Gasteiger partial charge in [-0.05, 0) is 25.8 Å². The molecule has 0 spiro atoms. The Kier molecular flexibility index (Phi) is 2.54. The van der Waals surface area contributed by atoms with E-state index in [9.17, 15) is 4.79 Å². The molecule has 2 aliphatic rings. The Labute approximate surface area is 79.5 Å². The summed E-state index contributed by atoms with van der Waals surface area (Å²) in [6, 6.07) is 0. The van der Waals surface area contributed by atoms with Gasteiger partial charge in [0.05, 0.1) is 12.7 Å². The summed E-state index contributed by atoms with van der Waals surface area (Å²) < 4.78 is 0. The minimum absolute atomic E-state index is 0.193. The second-order valence-corrected chi connectivity index (χ2v) is 4.33. The Morgan fingerprint density at radius 1 is 1.31 bits per heavy atom. The highest BCUT2D eigenvalue weighted by atomic mass is 16.2. The first-order chi connectivity index (χ1) is 6.27. The number of carbonyl (C=O) groups is 1. The van der Waals surface area contributed by atoms with Crippen LogP contribution in [0.2, 0.25) is 0 Å². The van der Waals surface area contributed by atoms with E-state index < -0.39 is 0 Å². The molecule has 13 heavy (non-hydrogen) atoms. The topological polar surface area (TPSA) is 32.3 Å². The molecule has 3 heteroatoms. The number of amides is 1. The molecule has 1 saturated carbocycles. The van der Waals surface area contributed by atoms with Crippen LogP contribution in [-0.2, 0) is 4.79 Å². The molecule has 0 radical (unpaired) electrons. The number of hydrogen-bond acceptors (Lipinski definition) is 2. The minimum atomic E-state index is 0.193. The monoisotopic (exact) mass is 182 g/mol. The summed E-state index contributed by atoms with van der Waals surface area (Å²) in [5.74, 6) is 0.892. The Bertz CT molecular complexity index is 199. The fraction of sp³-hybridized carbons (Fsp3) is 0.900. The van der Waals surface area contributed by atoms with E-state index in [1.165, 1.54) is 32.1 Å². The van der Waals surface area contributed by atoms with E-state index >= 15 is 0 Å². The van der Waals surface area contributed by atoms with Gasteiger partial charge in [0.25, 0.3) is 0 Å². The van der Waals surface area contributed by atoms with Crippen LogP contribution in [0.15, 0.2) is 0 Å². The van der Waals surface area contributed by atoms with Crippen molar-refractivity contribution < 1.29 is 4.79 Å². The van der Waals surface area contributed by atoms with Crippen LogP contribution in [0.4, 0.5) is 0 Å². The van der Waals surface area contributed by atoms with Crippen molar-refractivity contribution in [2.24, 2.45) is 5.92 Å². The second kappa shape index (κ2) is 3.66. The number of likely N-dealkylation sites (N-methyl/N-ethyl adjacent to an activating group) is 1. The van der Waals surface area contributed by atoms with Crippen molar-refractivity contribution in [2.75, 3.05) is 13.6 Å². The average molecular weight is 182 g/mol. The van der Waals surface area contributed by atoms with E-state index in [0.29, 0.717) is 18.6 Å². The molecule has 2 fully saturated rings. The summed E-state index contributed by atoms with van der Waals surface area (Å²) in [4.78, 5) is 13.3. The molecule has 74 valence electrons. The molecule has 1 N–H and O–H groups in total. The van der Waals surface area contributed by atoms with Gasteiger partial charge in [-0.2, -0.15) is 0 Å². The first-order valence-electron chi connectivity index (χ1n) is 5.27. The molecule has 1 aliphatic carbocycles. The summed E-state index contributed by atoms with van der Waals surface area (Å²) in [6.07, 6.45) is 6.95. The number of nitrogens with one attached hydrogen (secondary N) is 1. The first kappa shape index (κ1) is 9.00. The van der Waals surface area contributed by atoms with Crippen molar-refractivity contribution in [2.45, 2.75) is 38.3 Å². The Morgan fingerprint density at radius 2 is 2.00 bits per heavy atom. The van der Waals surface area contributed by atoms with E-state index in [1.807, 2.05) is 7.05 Å². The van der Waals surface area contributed by atoms with Crippen molar-refractivity contribution in [1.29, 1.82) is 0 Å². The van der Waals surface area contributed by atoms with Crippen LogP contribution >= 0.6 is 0 Å². The lowest BCUT2D eigenvalue weighted by molar-refractivity contribution is -0.118. The quantitative estimate of drug-likeness (QED) is 0.655. The molecule has 0 aromatic rings. The van der Waals surface area contributed by atoms with Crippen LogP contribution in [0.5, 0.6) is 0 Å². The van der Waals surface area contributed by atoms with Gasteiger partial charge in [-0.25, -0.2) is 0 Å². The molecule has 3 nitrogen and oxygen atoms in total. The maximum Gasteiger partial charge on any atom is 0.235 e. The Morgan fingerprint density at radius 3 is 2.54 bits per heavy atom. The maximum atomic E-state index is 11.2. The summed E-state index contributed by atoms with van der Waals surface area (Å²) in [5.41, 5.74) is 0. The predicted molar refractivity (Wildman–Crippen MR) is 51.1 cm³/mol.